The molecule has 0 atom stereocenters. The summed E-state index contributed by atoms with van der Waals surface area (Å²) in [6.07, 6.45) is -1.52. The van der Waals surface area contributed by atoms with Crippen LogP contribution in [0.2, 0.25) is 0 Å². The first kappa shape index (κ1) is 24.3. The quantitative estimate of drug-likeness (QED) is 0.221. The largest absolute Gasteiger partial charge is 0.458 e. The van der Waals surface area contributed by atoms with Crippen LogP contribution < -0.4 is 14.2 Å². The van der Waals surface area contributed by atoms with E-state index in [0.717, 1.165) is 18.4 Å². The van der Waals surface area contributed by atoms with Crippen molar-refractivity contribution in [3.63, 3.8) is 0 Å². The van der Waals surface area contributed by atoms with Gasteiger partial charge in [0, 0.05) is 0 Å². The summed E-state index contributed by atoms with van der Waals surface area (Å²) >= 11 is 0. The van der Waals surface area contributed by atoms with Crippen LogP contribution in [0.3, 0.4) is 0 Å². The number of alkyl halides is 2. The van der Waals surface area contributed by atoms with Gasteiger partial charge in [0.1, 0.15) is 17.2 Å². The molecule has 0 unspecified atom stereocenters. The van der Waals surface area contributed by atoms with Gasteiger partial charge in [-0.1, -0.05) is 59.7 Å². The third-order valence-electron chi connectivity index (χ3n) is 5.65. The minimum Gasteiger partial charge on any atom is -0.458 e. The smallest absolute Gasteiger partial charge is 0.426 e. The first-order valence-electron chi connectivity index (χ1n) is 11.5. The van der Waals surface area contributed by atoms with Crippen molar-refractivity contribution >= 4 is 0 Å². The summed E-state index contributed by atoms with van der Waals surface area (Å²) in [7, 11) is 0. The molecule has 0 spiro atoms. The third kappa shape index (κ3) is 7.06. The molecule has 5 heteroatoms. The van der Waals surface area contributed by atoms with Crippen molar-refractivity contribution < 1.29 is 23.0 Å². The molecule has 0 amide bonds. The number of hydrogen-bond acceptors (Lipinski definition) is 3. The summed E-state index contributed by atoms with van der Waals surface area (Å²) in [5.74, 6) is 1.21. The first-order valence-corrected chi connectivity index (χ1v) is 11.5. The lowest BCUT2D eigenvalue weighted by Crippen LogP contribution is -2.21. The maximum Gasteiger partial charge on any atom is 0.426 e. The van der Waals surface area contributed by atoms with E-state index in [2.05, 4.69) is 31.2 Å². The molecule has 4 aromatic rings. The average molecular weight is 475 g/mol. The molecule has 180 valence electrons. The van der Waals surface area contributed by atoms with Crippen molar-refractivity contribution in [3.05, 3.63) is 125 Å². The summed E-state index contributed by atoms with van der Waals surface area (Å²) in [5, 5.41) is 0. The molecule has 35 heavy (non-hydrogen) atoms. The van der Waals surface area contributed by atoms with E-state index in [9.17, 15) is 8.78 Å². The summed E-state index contributed by atoms with van der Waals surface area (Å²) in [6.45, 7) is 3.94. The lowest BCUT2D eigenvalue weighted by Gasteiger charge is -2.18. The van der Waals surface area contributed by atoms with Crippen LogP contribution in [-0.4, -0.2) is 6.79 Å². The van der Waals surface area contributed by atoms with Gasteiger partial charge in [0.05, 0.1) is 5.56 Å². The van der Waals surface area contributed by atoms with Crippen molar-refractivity contribution in [1.82, 2.24) is 0 Å². The number of aryl methyl sites for hydroxylation is 4. The fourth-order valence-corrected chi connectivity index (χ4v) is 3.52. The number of ether oxygens (including phenoxy) is 3. The number of benzene rings is 4. The Morgan fingerprint density at radius 3 is 1.46 bits per heavy atom. The molecule has 0 N–H and O–H groups in total. The first-order chi connectivity index (χ1) is 16.9. The predicted octanol–water partition coefficient (Wildman–Crippen LogP) is 7.63. The summed E-state index contributed by atoms with van der Waals surface area (Å²) < 4.78 is 45.0. The van der Waals surface area contributed by atoms with E-state index in [1.165, 1.54) is 53.1 Å². The molecule has 0 saturated carbocycles. The Kier molecular flexibility index (Phi) is 7.66. The highest BCUT2D eigenvalue weighted by atomic mass is 19.3. The van der Waals surface area contributed by atoms with Crippen LogP contribution in [0.15, 0.2) is 97.1 Å². The van der Waals surface area contributed by atoms with Crippen LogP contribution in [0.5, 0.6) is 17.2 Å². The summed E-state index contributed by atoms with van der Waals surface area (Å²) in [5.41, 5.74) is 4.52. The zero-order valence-electron chi connectivity index (χ0n) is 19.8. The summed E-state index contributed by atoms with van der Waals surface area (Å²) in [4.78, 5) is 0. The van der Waals surface area contributed by atoms with Crippen LogP contribution in [0.1, 0.15) is 27.8 Å². The zero-order valence-corrected chi connectivity index (χ0v) is 19.8. The van der Waals surface area contributed by atoms with Crippen LogP contribution >= 0.6 is 0 Å². The van der Waals surface area contributed by atoms with Crippen LogP contribution in [0.25, 0.3) is 0 Å². The molecule has 0 saturated heterocycles. The number of halogens is 2. The van der Waals surface area contributed by atoms with Gasteiger partial charge in [0.25, 0.3) is 0 Å². The molecule has 4 aromatic carbocycles. The fraction of sp³-hybridized carbons (Fsp3) is 0.200. The second-order valence-corrected chi connectivity index (χ2v) is 8.49. The van der Waals surface area contributed by atoms with E-state index in [-0.39, 0.29) is 18.1 Å². The molecule has 0 fully saturated rings. The Labute approximate surface area is 204 Å². The topological polar surface area (TPSA) is 27.7 Å². The van der Waals surface area contributed by atoms with E-state index in [4.69, 9.17) is 14.2 Å². The zero-order chi connectivity index (χ0) is 24.7. The maximum absolute atomic E-state index is 14.5. The predicted molar refractivity (Wildman–Crippen MR) is 133 cm³/mol. The highest BCUT2D eigenvalue weighted by Crippen LogP contribution is 2.32. The minimum absolute atomic E-state index is 0.0294. The summed E-state index contributed by atoms with van der Waals surface area (Å²) in [6, 6.07) is 28.5. The van der Waals surface area contributed by atoms with Gasteiger partial charge in [0.15, 0.2) is 0 Å². The van der Waals surface area contributed by atoms with E-state index >= 15 is 0 Å². The van der Waals surface area contributed by atoms with E-state index < -0.39 is 6.11 Å². The Balaban J connectivity index is 1.23. The van der Waals surface area contributed by atoms with Gasteiger partial charge in [-0.15, -0.1) is 0 Å². The van der Waals surface area contributed by atoms with Crippen LogP contribution in [0, 0.1) is 13.8 Å². The van der Waals surface area contributed by atoms with Crippen molar-refractivity contribution in [1.29, 1.82) is 0 Å². The molecule has 4 rings (SSSR count). The average Bonchev–Trinajstić information content (AvgIpc) is 2.86. The van der Waals surface area contributed by atoms with Crippen molar-refractivity contribution in [2.75, 3.05) is 6.79 Å². The highest BCUT2D eigenvalue weighted by Gasteiger charge is 2.34. The van der Waals surface area contributed by atoms with Crippen molar-refractivity contribution in [2.24, 2.45) is 0 Å². The Morgan fingerprint density at radius 2 is 0.943 bits per heavy atom. The van der Waals surface area contributed by atoms with Crippen molar-refractivity contribution in [2.45, 2.75) is 32.8 Å². The van der Waals surface area contributed by atoms with Gasteiger partial charge in [-0.05, 0) is 86.3 Å². The van der Waals surface area contributed by atoms with E-state index in [1.807, 2.05) is 31.2 Å². The monoisotopic (exact) mass is 474 g/mol. The normalized spacial score (nSPS) is 11.2. The van der Waals surface area contributed by atoms with Crippen LogP contribution in [0.4, 0.5) is 8.78 Å². The molecule has 0 aliphatic carbocycles. The Morgan fingerprint density at radius 1 is 0.543 bits per heavy atom. The second kappa shape index (κ2) is 11.0. The molecule has 3 nitrogen and oxygen atoms in total. The standard InChI is InChI=1S/C30H28F2O3/c1-22-3-7-24(8-4-22)9-10-25-11-17-27(18-12-25)33-21-34-28-19-13-26(14-20-28)30(31,32)35-29-15-5-23(2)6-16-29/h3-8,11-20H,9-10,21H2,1-2H3. The molecule has 0 heterocycles. The highest BCUT2D eigenvalue weighted by molar-refractivity contribution is 5.32. The molecule has 0 aromatic heterocycles. The van der Waals surface area contributed by atoms with Gasteiger partial charge >= 0.3 is 6.11 Å². The van der Waals surface area contributed by atoms with Gasteiger partial charge in [-0.25, -0.2) is 0 Å². The Hall–Kier alpha value is -3.86. The Bertz CT molecular complexity index is 1200. The molecule has 0 aliphatic rings. The van der Waals surface area contributed by atoms with Crippen molar-refractivity contribution in [3.8, 4) is 17.2 Å². The fourth-order valence-electron chi connectivity index (χ4n) is 3.52. The molecule has 0 aliphatic heterocycles. The maximum atomic E-state index is 14.5. The van der Waals surface area contributed by atoms with Crippen LogP contribution in [-0.2, 0) is 19.0 Å². The third-order valence-corrected chi connectivity index (χ3v) is 5.65. The molecular weight excluding hydrogens is 446 g/mol. The molecule has 0 bridgehead atoms. The van der Waals surface area contributed by atoms with Gasteiger partial charge in [-0.2, -0.15) is 8.78 Å². The van der Waals surface area contributed by atoms with Gasteiger partial charge < -0.3 is 14.2 Å². The number of hydrogen-bond donors (Lipinski definition) is 0. The minimum atomic E-state index is -3.45. The van der Waals surface area contributed by atoms with Gasteiger partial charge in [-0.3, -0.25) is 0 Å². The van der Waals surface area contributed by atoms with E-state index in [1.54, 1.807) is 12.1 Å². The lowest BCUT2D eigenvalue weighted by molar-refractivity contribution is -0.185. The molecular formula is C30H28F2O3. The number of rotatable bonds is 10. The second-order valence-electron chi connectivity index (χ2n) is 8.49. The molecule has 0 radical (unpaired) electrons. The lowest BCUT2D eigenvalue weighted by atomic mass is 10.0. The van der Waals surface area contributed by atoms with E-state index in [0.29, 0.717) is 11.5 Å². The SMILES string of the molecule is Cc1ccc(CCc2ccc(OCOc3ccc(C(F)(F)Oc4ccc(C)cc4)cc3)cc2)cc1. The van der Waals surface area contributed by atoms with Gasteiger partial charge in [0.2, 0.25) is 6.79 Å².